The molecule has 60 valence electrons. The molecule has 10 heavy (non-hydrogen) atoms. The fourth-order valence-corrected chi connectivity index (χ4v) is 2.16. The van der Waals surface area contributed by atoms with Crippen molar-refractivity contribution in [3.05, 3.63) is 0 Å². The average Bonchev–Trinajstić information content (AvgIpc) is 1.87. The van der Waals surface area contributed by atoms with E-state index in [0.29, 0.717) is 11.5 Å². The zero-order valence-corrected chi connectivity index (χ0v) is 6.33. The van der Waals surface area contributed by atoms with Gasteiger partial charge in [0, 0.05) is 12.2 Å². The molecule has 0 spiro atoms. The second kappa shape index (κ2) is 3.05. The predicted molar refractivity (Wildman–Crippen MR) is 37.5 cm³/mol. The van der Waals surface area contributed by atoms with E-state index in [-0.39, 0.29) is 13.0 Å². The fraction of sp³-hybridized carbons (Fsp3) is 1.00. The summed E-state index contributed by atoms with van der Waals surface area (Å²) in [6.07, 6.45) is -0.0805. The lowest BCUT2D eigenvalue weighted by atomic mass is 10.0. The van der Waals surface area contributed by atoms with Crippen molar-refractivity contribution >= 4 is 11.8 Å². The first-order valence-electron chi connectivity index (χ1n) is 3.23. The van der Waals surface area contributed by atoms with Crippen LogP contribution in [0.2, 0.25) is 0 Å². The molecule has 1 rings (SSSR count). The van der Waals surface area contributed by atoms with Crippen molar-refractivity contribution in [3.63, 3.8) is 0 Å². The van der Waals surface area contributed by atoms with E-state index < -0.39 is 11.8 Å². The van der Waals surface area contributed by atoms with Crippen LogP contribution in [0.4, 0.5) is 8.78 Å². The van der Waals surface area contributed by atoms with Crippen LogP contribution < -0.4 is 0 Å². The molecule has 0 bridgehead atoms. The Kier molecular flexibility index (Phi) is 2.52. The maximum absolute atomic E-state index is 12.7. The van der Waals surface area contributed by atoms with Gasteiger partial charge in [-0.05, 0) is 5.75 Å². The predicted octanol–water partition coefficient (Wildman–Crippen LogP) is 1.37. The van der Waals surface area contributed by atoms with Crippen LogP contribution in [-0.2, 0) is 0 Å². The van der Waals surface area contributed by atoms with E-state index in [9.17, 15) is 8.78 Å². The minimum Gasteiger partial charge on any atom is -0.396 e. The molecule has 1 N–H and O–H groups in total. The highest BCUT2D eigenvalue weighted by Gasteiger charge is 2.41. The Labute approximate surface area is 62.8 Å². The summed E-state index contributed by atoms with van der Waals surface area (Å²) in [6.45, 7) is -0.389. The number of aliphatic hydroxyl groups excluding tert-OH is 1. The molecule has 0 aromatic heterocycles. The second-order valence-electron chi connectivity index (χ2n) is 2.47. The number of rotatable bonds is 1. The quantitative estimate of drug-likeness (QED) is 0.638. The van der Waals surface area contributed by atoms with E-state index in [1.165, 1.54) is 11.8 Å². The largest absolute Gasteiger partial charge is 0.396 e. The van der Waals surface area contributed by atoms with Crippen molar-refractivity contribution in [2.24, 2.45) is 5.92 Å². The second-order valence-corrected chi connectivity index (χ2v) is 3.62. The third kappa shape index (κ3) is 1.61. The van der Waals surface area contributed by atoms with E-state index in [1.807, 2.05) is 0 Å². The molecule has 1 aliphatic rings. The molecule has 1 heterocycles. The van der Waals surface area contributed by atoms with Gasteiger partial charge in [-0.2, -0.15) is 11.8 Å². The van der Waals surface area contributed by atoms with Crippen LogP contribution in [0.25, 0.3) is 0 Å². The molecule has 1 aliphatic heterocycles. The van der Waals surface area contributed by atoms with Crippen LogP contribution in [-0.4, -0.2) is 29.1 Å². The van der Waals surface area contributed by atoms with Crippen LogP contribution in [0, 0.1) is 5.92 Å². The molecule has 0 aromatic rings. The molecule has 1 unspecified atom stereocenters. The van der Waals surface area contributed by atoms with Crippen molar-refractivity contribution in [1.82, 2.24) is 0 Å². The molecule has 1 saturated heterocycles. The third-order valence-corrected chi connectivity index (χ3v) is 2.85. The molecule has 4 heteroatoms. The highest BCUT2D eigenvalue weighted by Crippen LogP contribution is 2.36. The highest BCUT2D eigenvalue weighted by molar-refractivity contribution is 7.99. The standard InChI is InChI=1S/C6H10F2OS/c7-6(8)1-2-10-4-5(6)3-9/h5,9H,1-4H2. The van der Waals surface area contributed by atoms with Crippen LogP contribution in [0.1, 0.15) is 6.42 Å². The Bertz CT molecular complexity index is 118. The van der Waals surface area contributed by atoms with Gasteiger partial charge in [0.2, 0.25) is 0 Å². The van der Waals surface area contributed by atoms with Gasteiger partial charge in [-0.15, -0.1) is 0 Å². The molecule has 0 radical (unpaired) electrons. The number of thioether (sulfide) groups is 1. The van der Waals surface area contributed by atoms with Gasteiger partial charge in [0.25, 0.3) is 5.92 Å². The van der Waals surface area contributed by atoms with Crippen molar-refractivity contribution in [2.75, 3.05) is 18.1 Å². The summed E-state index contributed by atoms with van der Waals surface area (Å²) in [6, 6.07) is 0. The number of alkyl halides is 2. The summed E-state index contributed by atoms with van der Waals surface area (Å²) >= 11 is 1.49. The minimum atomic E-state index is -2.62. The van der Waals surface area contributed by atoms with Crippen molar-refractivity contribution < 1.29 is 13.9 Å². The number of hydrogen-bond donors (Lipinski definition) is 1. The Balaban J connectivity index is 2.51. The first-order valence-corrected chi connectivity index (χ1v) is 4.38. The highest BCUT2D eigenvalue weighted by atomic mass is 32.2. The lowest BCUT2D eigenvalue weighted by Crippen LogP contribution is -2.36. The van der Waals surface area contributed by atoms with Gasteiger partial charge in [0.15, 0.2) is 0 Å². The van der Waals surface area contributed by atoms with Crippen molar-refractivity contribution in [1.29, 1.82) is 0 Å². The minimum absolute atomic E-state index is 0.0805. The maximum Gasteiger partial charge on any atom is 0.254 e. The first-order chi connectivity index (χ1) is 4.67. The normalized spacial score (nSPS) is 32.1. The summed E-state index contributed by atoms with van der Waals surface area (Å²) in [7, 11) is 0. The summed E-state index contributed by atoms with van der Waals surface area (Å²) < 4.78 is 25.4. The van der Waals surface area contributed by atoms with Crippen LogP contribution in [0.5, 0.6) is 0 Å². The lowest BCUT2D eigenvalue weighted by Gasteiger charge is -2.29. The van der Waals surface area contributed by atoms with Gasteiger partial charge >= 0.3 is 0 Å². The van der Waals surface area contributed by atoms with E-state index in [0.717, 1.165) is 0 Å². The Hall–Kier alpha value is 0.170. The zero-order valence-electron chi connectivity index (χ0n) is 5.52. The van der Waals surface area contributed by atoms with E-state index >= 15 is 0 Å². The van der Waals surface area contributed by atoms with Gasteiger partial charge in [-0.1, -0.05) is 0 Å². The molecule has 0 aromatic carbocycles. The smallest absolute Gasteiger partial charge is 0.254 e. The van der Waals surface area contributed by atoms with Gasteiger partial charge < -0.3 is 5.11 Å². The zero-order chi connectivity index (χ0) is 7.61. The van der Waals surface area contributed by atoms with Crippen LogP contribution in [0.15, 0.2) is 0 Å². The van der Waals surface area contributed by atoms with Gasteiger partial charge in [0.1, 0.15) is 0 Å². The summed E-state index contributed by atoms with van der Waals surface area (Å²) in [5.41, 5.74) is 0. The molecule has 1 nitrogen and oxygen atoms in total. The fourth-order valence-electron chi connectivity index (χ4n) is 0.946. The molecule has 0 aliphatic carbocycles. The molecule has 0 saturated carbocycles. The number of hydrogen-bond acceptors (Lipinski definition) is 2. The van der Waals surface area contributed by atoms with E-state index in [2.05, 4.69) is 0 Å². The van der Waals surface area contributed by atoms with Crippen LogP contribution >= 0.6 is 11.8 Å². The summed E-state index contributed by atoms with van der Waals surface area (Å²) in [5.74, 6) is -2.53. The monoisotopic (exact) mass is 168 g/mol. The topological polar surface area (TPSA) is 20.2 Å². The molecule has 1 fully saturated rings. The molecule has 0 amide bonds. The summed E-state index contributed by atoms with van der Waals surface area (Å²) in [4.78, 5) is 0. The Morgan fingerprint density at radius 2 is 2.30 bits per heavy atom. The van der Waals surface area contributed by atoms with Gasteiger partial charge in [-0.3, -0.25) is 0 Å². The number of halogens is 2. The van der Waals surface area contributed by atoms with Crippen molar-refractivity contribution in [3.8, 4) is 0 Å². The Morgan fingerprint density at radius 3 is 2.70 bits per heavy atom. The van der Waals surface area contributed by atoms with Crippen LogP contribution in [0.3, 0.4) is 0 Å². The molecular weight excluding hydrogens is 158 g/mol. The van der Waals surface area contributed by atoms with Gasteiger partial charge in [-0.25, -0.2) is 8.78 Å². The van der Waals surface area contributed by atoms with Crippen molar-refractivity contribution in [2.45, 2.75) is 12.3 Å². The molecular formula is C6H10F2OS. The number of aliphatic hydroxyl groups is 1. The SMILES string of the molecule is OCC1CSCCC1(F)F. The summed E-state index contributed by atoms with van der Waals surface area (Å²) in [5, 5.41) is 8.53. The lowest BCUT2D eigenvalue weighted by molar-refractivity contribution is -0.0711. The third-order valence-electron chi connectivity index (χ3n) is 1.72. The van der Waals surface area contributed by atoms with E-state index in [1.54, 1.807) is 0 Å². The van der Waals surface area contributed by atoms with E-state index in [4.69, 9.17) is 5.11 Å². The van der Waals surface area contributed by atoms with Gasteiger partial charge in [0.05, 0.1) is 12.5 Å². The maximum atomic E-state index is 12.7. The average molecular weight is 168 g/mol. The molecule has 1 atom stereocenters. The first kappa shape index (κ1) is 8.27. The Morgan fingerprint density at radius 1 is 1.60 bits per heavy atom.